The molecule has 0 bridgehead atoms. The highest BCUT2D eigenvalue weighted by Crippen LogP contribution is 2.42. The van der Waals surface area contributed by atoms with Crippen LogP contribution in [0, 0.1) is 11.7 Å². The van der Waals surface area contributed by atoms with Gasteiger partial charge in [0.05, 0.1) is 6.04 Å². The van der Waals surface area contributed by atoms with Crippen molar-refractivity contribution in [2.75, 3.05) is 27.2 Å². The van der Waals surface area contributed by atoms with E-state index in [4.69, 9.17) is 0 Å². The Labute approximate surface area is 157 Å². The molecule has 3 rings (SSSR count). The van der Waals surface area contributed by atoms with E-state index in [1.165, 1.54) is 12.1 Å². The number of hydrogen-bond donors (Lipinski definition) is 2. The Hall–Kier alpha value is -2.48. The van der Waals surface area contributed by atoms with Crippen LogP contribution in [0.15, 0.2) is 24.3 Å². The molecule has 2 fully saturated rings. The summed E-state index contributed by atoms with van der Waals surface area (Å²) in [4.78, 5) is 39.9. The quantitative estimate of drug-likeness (QED) is 0.702. The lowest BCUT2D eigenvalue weighted by atomic mass is 9.96. The van der Waals surface area contributed by atoms with Crippen LogP contribution in [0.4, 0.5) is 9.18 Å². The van der Waals surface area contributed by atoms with Gasteiger partial charge in [0.2, 0.25) is 5.91 Å². The smallest absolute Gasteiger partial charge is 0.325 e. The monoisotopic (exact) mass is 376 g/mol. The number of benzene rings is 1. The first-order valence-corrected chi connectivity index (χ1v) is 9.05. The topological polar surface area (TPSA) is 81.8 Å². The van der Waals surface area contributed by atoms with Crippen LogP contribution in [-0.4, -0.2) is 60.4 Å². The molecule has 27 heavy (non-hydrogen) atoms. The predicted molar refractivity (Wildman–Crippen MR) is 97.2 cm³/mol. The van der Waals surface area contributed by atoms with Gasteiger partial charge in [-0.1, -0.05) is 12.1 Å². The Morgan fingerprint density at radius 2 is 2.11 bits per heavy atom. The molecular weight excluding hydrogens is 351 g/mol. The van der Waals surface area contributed by atoms with Crippen molar-refractivity contribution in [3.8, 4) is 0 Å². The summed E-state index contributed by atoms with van der Waals surface area (Å²) < 4.78 is 13.5. The maximum absolute atomic E-state index is 13.5. The van der Waals surface area contributed by atoms with Crippen molar-refractivity contribution in [3.63, 3.8) is 0 Å². The molecule has 146 valence electrons. The second kappa shape index (κ2) is 7.26. The second-order valence-corrected chi connectivity index (χ2v) is 7.64. The highest BCUT2D eigenvalue weighted by molar-refractivity contribution is 6.09. The fourth-order valence-electron chi connectivity index (χ4n) is 3.52. The first-order valence-electron chi connectivity index (χ1n) is 9.05. The fraction of sp³-hybridized carbons (Fsp3) is 0.526. The lowest BCUT2D eigenvalue weighted by Crippen LogP contribution is -2.47. The van der Waals surface area contributed by atoms with Crippen molar-refractivity contribution in [3.05, 3.63) is 35.6 Å². The van der Waals surface area contributed by atoms with E-state index < -0.39 is 17.5 Å². The third-order valence-corrected chi connectivity index (χ3v) is 5.35. The molecule has 1 saturated carbocycles. The Kier molecular flexibility index (Phi) is 5.19. The van der Waals surface area contributed by atoms with E-state index in [1.54, 1.807) is 19.1 Å². The number of halogens is 1. The molecule has 1 heterocycles. The van der Waals surface area contributed by atoms with Crippen LogP contribution in [-0.2, 0) is 9.59 Å². The van der Waals surface area contributed by atoms with E-state index in [1.807, 2.05) is 19.0 Å². The highest BCUT2D eigenvalue weighted by atomic mass is 19.1. The zero-order valence-corrected chi connectivity index (χ0v) is 15.8. The lowest BCUT2D eigenvalue weighted by molar-refractivity contribution is -0.135. The summed E-state index contributed by atoms with van der Waals surface area (Å²) in [6, 6.07) is 5.44. The van der Waals surface area contributed by atoms with Gasteiger partial charge in [0.15, 0.2) is 0 Å². The average molecular weight is 376 g/mol. The molecule has 4 amide bonds. The van der Waals surface area contributed by atoms with Gasteiger partial charge in [0.25, 0.3) is 5.91 Å². The van der Waals surface area contributed by atoms with E-state index >= 15 is 0 Å². The molecule has 2 atom stereocenters. The normalized spacial score (nSPS) is 23.5. The lowest BCUT2D eigenvalue weighted by Gasteiger charge is -2.25. The summed E-state index contributed by atoms with van der Waals surface area (Å²) in [6.07, 6.45) is 1.81. The SMILES string of the molecule is CN(C)C(CNC(=O)CN1C(=O)NC(C)(C2CC2)C1=O)c1cccc(F)c1. The molecule has 7 nitrogen and oxygen atoms in total. The summed E-state index contributed by atoms with van der Waals surface area (Å²) in [5.41, 5.74) is -0.165. The number of amides is 4. The molecule has 2 aliphatic rings. The first kappa shape index (κ1) is 19.3. The molecule has 2 N–H and O–H groups in total. The minimum Gasteiger partial charge on any atom is -0.353 e. The molecule has 1 aliphatic heterocycles. The predicted octanol–water partition coefficient (Wildman–Crippen LogP) is 1.27. The summed E-state index contributed by atoms with van der Waals surface area (Å²) in [7, 11) is 3.67. The largest absolute Gasteiger partial charge is 0.353 e. The van der Waals surface area contributed by atoms with Gasteiger partial charge in [0, 0.05) is 6.54 Å². The van der Waals surface area contributed by atoms with Gasteiger partial charge in [-0.05, 0) is 57.5 Å². The van der Waals surface area contributed by atoms with Gasteiger partial charge in [-0.2, -0.15) is 0 Å². The number of carbonyl (C=O) groups excluding carboxylic acids is 3. The average Bonchev–Trinajstić information content (AvgIpc) is 3.41. The van der Waals surface area contributed by atoms with Gasteiger partial charge in [0.1, 0.15) is 17.9 Å². The van der Waals surface area contributed by atoms with Crippen LogP contribution < -0.4 is 10.6 Å². The van der Waals surface area contributed by atoms with Gasteiger partial charge < -0.3 is 15.5 Å². The summed E-state index contributed by atoms with van der Waals surface area (Å²) in [5.74, 6) is -0.973. The number of rotatable bonds is 7. The van der Waals surface area contributed by atoms with Crippen LogP contribution >= 0.6 is 0 Å². The summed E-state index contributed by atoms with van der Waals surface area (Å²) in [6.45, 7) is 1.63. The Morgan fingerprint density at radius 3 is 2.70 bits per heavy atom. The molecule has 1 aliphatic carbocycles. The second-order valence-electron chi connectivity index (χ2n) is 7.64. The van der Waals surface area contributed by atoms with E-state index in [9.17, 15) is 18.8 Å². The minimum atomic E-state index is -0.898. The molecular formula is C19H25FN4O3. The van der Waals surface area contributed by atoms with Crippen molar-refractivity contribution < 1.29 is 18.8 Å². The van der Waals surface area contributed by atoms with Crippen molar-refractivity contribution in [2.45, 2.75) is 31.3 Å². The fourth-order valence-corrected chi connectivity index (χ4v) is 3.52. The highest BCUT2D eigenvalue weighted by Gasteiger charge is 2.56. The van der Waals surface area contributed by atoms with Crippen LogP contribution in [0.1, 0.15) is 31.4 Å². The van der Waals surface area contributed by atoms with Gasteiger partial charge >= 0.3 is 6.03 Å². The molecule has 0 aromatic heterocycles. The summed E-state index contributed by atoms with van der Waals surface area (Å²) >= 11 is 0. The van der Waals surface area contributed by atoms with Gasteiger partial charge in [-0.3, -0.25) is 14.5 Å². The zero-order valence-electron chi connectivity index (χ0n) is 15.8. The van der Waals surface area contributed by atoms with E-state index in [0.717, 1.165) is 23.3 Å². The third kappa shape index (κ3) is 3.95. The van der Waals surface area contributed by atoms with Crippen molar-refractivity contribution in [2.24, 2.45) is 5.92 Å². The zero-order chi connectivity index (χ0) is 19.8. The first-order chi connectivity index (χ1) is 12.7. The Morgan fingerprint density at radius 1 is 1.41 bits per heavy atom. The number of imide groups is 1. The van der Waals surface area contributed by atoms with E-state index in [0.29, 0.717) is 0 Å². The minimum absolute atomic E-state index is 0.146. The van der Waals surface area contributed by atoms with Crippen LogP contribution in [0.5, 0.6) is 0 Å². The standard InChI is InChI=1S/C19H25FN4O3/c1-19(13-7-8-13)17(26)24(18(27)22-19)11-16(25)21-10-15(23(2)3)12-5-4-6-14(20)9-12/h4-6,9,13,15H,7-8,10-11H2,1-3H3,(H,21,25)(H,22,27). The number of urea groups is 1. The molecule has 1 saturated heterocycles. The third-order valence-electron chi connectivity index (χ3n) is 5.35. The maximum atomic E-state index is 13.5. The molecule has 0 radical (unpaired) electrons. The molecule has 2 unspecified atom stereocenters. The van der Waals surface area contributed by atoms with Crippen molar-refractivity contribution in [1.29, 1.82) is 0 Å². The Bertz CT molecular complexity index is 765. The van der Waals surface area contributed by atoms with Crippen LogP contribution in [0.25, 0.3) is 0 Å². The molecule has 1 aromatic carbocycles. The van der Waals surface area contributed by atoms with Crippen molar-refractivity contribution >= 4 is 17.8 Å². The van der Waals surface area contributed by atoms with Crippen molar-refractivity contribution in [1.82, 2.24) is 20.4 Å². The molecule has 1 aromatic rings. The number of nitrogens with one attached hydrogen (secondary N) is 2. The van der Waals surface area contributed by atoms with E-state index in [2.05, 4.69) is 10.6 Å². The van der Waals surface area contributed by atoms with Gasteiger partial charge in [-0.15, -0.1) is 0 Å². The maximum Gasteiger partial charge on any atom is 0.325 e. The van der Waals surface area contributed by atoms with E-state index in [-0.39, 0.29) is 36.8 Å². The van der Waals surface area contributed by atoms with Crippen LogP contribution in [0.3, 0.4) is 0 Å². The molecule has 8 heteroatoms. The number of nitrogens with zero attached hydrogens (tertiary/aromatic N) is 2. The molecule has 0 spiro atoms. The number of hydrogen-bond acceptors (Lipinski definition) is 4. The van der Waals surface area contributed by atoms with Gasteiger partial charge in [-0.25, -0.2) is 9.18 Å². The number of carbonyl (C=O) groups is 3. The van der Waals surface area contributed by atoms with Crippen LogP contribution in [0.2, 0.25) is 0 Å². The number of likely N-dealkylation sites (N-methyl/N-ethyl adjacent to an activating group) is 1. The Balaban J connectivity index is 1.60. The summed E-state index contributed by atoms with van der Waals surface area (Å²) in [5, 5.41) is 5.47.